The highest BCUT2D eigenvalue weighted by Gasteiger charge is 2.43. The Hall–Kier alpha value is -2.33. The molecule has 1 N–H and O–H groups in total. The molecule has 0 radical (unpaired) electrons. The molecule has 1 aliphatic carbocycles. The van der Waals surface area contributed by atoms with Crippen LogP contribution in [0, 0.1) is 29.4 Å². The lowest BCUT2D eigenvalue weighted by molar-refractivity contribution is -0.137. The van der Waals surface area contributed by atoms with Crippen LogP contribution < -0.4 is 5.32 Å². The zero-order valence-corrected chi connectivity index (χ0v) is 18.6. The molecule has 1 aromatic heterocycles. The quantitative estimate of drug-likeness (QED) is 0.609. The number of benzene rings is 1. The van der Waals surface area contributed by atoms with Crippen molar-refractivity contribution in [1.82, 2.24) is 15.1 Å². The predicted octanol–water partition coefficient (Wildman–Crippen LogP) is 4.99. The van der Waals surface area contributed by atoms with Crippen LogP contribution in [0.3, 0.4) is 0 Å². The second kappa shape index (κ2) is 9.37. The van der Waals surface area contributed by atoms with Crippen molar-refractivity contribution in [2.45, 2.75) is 37.9 Å². The molecule has 184 valence electrons. The molecule has 0 unspecified atom stereocenters. The van der Waals surface area contributed by atoms with Crippen molar-refractivity contribution in [3.8, 4) is 11.3 Å². The van der Waals surface area contributed by atoms with Crippen molar-refractivity contribution in [2.75, 3.05) is 38.2 Å². The van der Waals surface area contributed by atoms with Gasteiger partial charge in [-0.15, -0.1) is 10.2 Å². The van der Waals surface area contributed by atoms with Crippen LogP contribution >= 0.6 is 0 Å². The molecule has 2 saturated heterocycles. The van der Waals surface area contributed by atoms with Crippen molar-refractivity contribution in [1.29, 1.82) is 0 Å². The maximum Gasteiger partial charge on any atom is 0.420 e. The number of nitrogens with zero attached hydrogens (tertiary/aromatic N) is 3. The van der Waals surface area contributed by atoms with Gasteiger partial charge in [-0.25, -0.2) is 8.78 Å². The molecule has 2 aliphatic heterocycles. The van der Waals surface area contributed by atoms with Gasteiger partial charge in [0.1, 0.15) is 17.2 Å². The smallest absolute Gasteiger partial charge is 0.381 e. The third-order valence-electron chi connectivity index (χ3n) is 7.33. The van der Waals surface area contributed by atoms with Gasteiger partial charge in [0.05, 0.1) is 5.69 Å². The minimum Gasteiger partial charge on any atom is -0.381 e. The first-order valence-electron chi connectivity index (χ1n) is 11.7. The largest absolute Gasteiger partial charge is 0.420 e. The van der Waals surface area contributed by atoms with Crippen LogP contribution in [-0.4, -0.2) is 54.0 Å². The average Bonchev–Trinajstić information content (AvgIpc) is 3.32. The van der Waals surface area contributed by atoms with E-state index in [-0.39, 0.29) is 23.1 Å². The summed E-state index contributed by atoms with van der Waals surface area (Å²) in [7, 11) is 0. The molecule has 1 aromatic carbocycles. The first-order valence-corrected chi connectivity index (χ1v) is 11.7. The van der Waals surface area contributed by atoms with Gasteiger partial charge >= 0.3 is 6.18 Å². The van der Waals surface area contributed by atoms with Crippen LogP contribution in [0.15, 0.2) is 24.3 Å². The van der Waals surface area contributed by atoms with Crippen LogP contribution in [-0.2, 0) is 10.9 Å². The fraction of sp³-hybridized carbons (Fsp3) is 0.583. The lowest BCUT2D eigenvalue weighted by atomic mass is 10.00. The van der Waals surface area contributed by atoms with E-state index in [1.165, 1.54) is 0 Å². The molecular weight excluding hydrogens is 455 g/mol. The Morgan fingerprint density at radius 3 is 2.35 bits per heavy atom. The molecule has 0 spiro atoms. The van der Waals surface area contributed by atoms with Crippen molar-refractivity contribution >= 4 is 5.82 Å². The third kappa shape index (κ3) is 5.02. The molecule has 3 fully saturated rings. The Morgan fingerprint density at radius 1 is 1.00 bits per heavy atom. The lowest BCUT2D eigenvalue weighted by Gasteiger charge is -2.28. The summed E-state index contributed by atoms with van der Waals surface area (Å²) in [5.41, 5.74) is -1.52. The van der Waals surface area contributed by atoms with Crippen LogP contribution in [0.2, 0.25) is 0 Å². The SMILES string of the molecule is Fc1ccc(-c2cc(C(F)(F)F)c(N[C@@H]3C[C@@H]4CN(CC5CCOCC5)C[C@@H]4C3)nn2)c(F)c1. The summed E-state index contributed by atoms with van der Waals surface area (Å²) in [5.74, 6) is -0.587. The molecule has 2 aromatic rings. The number of hydrogen-bond donors (Lipinski definition) is 1. The highest BCUT2D eigenvalue weighted by molar-refractivity contribution is 5.63. The number of alkyl halides is 3. The van der Waals surface area contributed by atoms with Gasteiger partial charge in [0.15, 0.2) is 5.82 Å². The Morgan fingerprint density at radius 2 is 1.71 bits per heavy atom. The molecule has 0 amide bonds. The summed E-state index contributed by atoms with van der Waals surface area (Å²) in [6, 6.07) is 3.30. The number of likely N-dealkylation sites (tertiary alicyclic amines) is 1. The lowest BCUT2D eigenvalue weighted by Crippen LogP contribution is -2.32. The van der Waals surface area contributed by atoms with E-state index >= 15 is 0 Å². The minimum atomic E-state index is -4.70. The number of halogens is 5. The van der Waals surface area contributed by atoms with Crippen molar-refractivity contribution in [3.05, 3.63) is 41.5 Å². The molecule has 3 aliphatic rings. The Balaban J connectivity index is 1.26. The number of rotatable bonds is 5. The zero-order chi connectivity index (χ0) is 23.9. The van der Waals surface area contributed by atoms with E-state index in [9.17, 15) is 22.0 Å². The highest BCUT2D eigenvalue weighted by atomic mass is 19.4. The maximum absolute atomic E-state index is 14.1. The Kier molecular flexibility index (Phi) is 6.45. The second-order valence-corrected chi connectivity index (χ2v) is 9.72. The summed E-state index contributed by atoms with van der Waals surface area (Å²) in [4.78, 5) is 2.49. The molecule has 5 nitrogen and oxygen atoms in total. The number of ether oxygens (including phenoxy) is 1. The van der Waals surface area contributed by atoms with Gasteiger partial charge < -0.3 is 15.0 Å². The summed E-state index contributed by atoms with van der Waals surface area (Å²) >= 11 is 0. The fourth-order valence-electron chi connectivity index (χ4n) is 5.69. The average molecular weight is 482 g/mol. The van der Waals surface area contributed by atoms with E-state index in [0.717, 1.165) is 76.7 Å². The zero-order valence-electron chi connectivity index (χ0n) is 18.6. The number of fused-ring (bicyclic) bond motifs is 1. The summed E-state index contributed by atoms with van der Waals surface area (Å²) in [6.07, 6.45) is -0.956. The summed E-state index contributed by atoms with van der Waals surface area (Å²) in [6.45, 7) is 4.67. The van der Waals surface area contributed by atoms with Crippen molar-refractivity contribution in [2.24, 2.45) is 17.8 Å². The number of anilines is 1. The van der Waals surface area contributed by atoms with Crippen LogP contribution in [0.4, 0.5) is 27.8 Å². The van der Waals surface area contributed by atoms with E-state index in [0.29, 0.717) is 23.8 Å². The molecule has 10 heteroatoms. The molecule has 3 atom stereocenters. The van der Waals surface area contributed by atoms with Crippen molar-refractivity contribution < 1.29 is 26.7 Å². The number of nitrogens with one attached hydrogen (secondary N) is 1. The van der Waals surface area contributed by atoms with Gasteiger partial charge in [0, 0.05) is 50.5 Å². The van der Waals surface area contributed by atoms with Gasteiger partial charge in [-0.05, 0) is 61.6 Å². The van der Waals surface area contributed by atoms with Crippen LogP contribution in [0.1, 0.15) is 31.2 Å². The summed E-state index contributed by atoms with van der Waals surface area (Å²) in [5, 5.41) is 10.5. The van der Waals surface area contributed by atoms with E-state index < -0.39 is 23.4 Å². The minimum absolute atomic E-state index is 0.121. The third-order valence-corrected chi connectivity index (χ3v) is 7.33. The number of aromatic nitrogens is 2. The number of hydrogen-bond acceptors (Lipinski definition) is 5. The molecule has 3 heterocycles. The fourth-order valence-corrected chi connectivity index (χ4v) is 5.69. The Labute approximate surface area is 194 Å². The summed E-state index contributed by atoms with van der Waals surface area (Å²) < 4.78 is 74.1. The molecule has 1 saturated carbocycles. The normalized spacial score (nSPS) is 26.1. The molecular formula is C24H27F5N4O. The van der Waals surface area contributed by atoms with Gasteiger partial charge in [0.25, 0.3) is 0 Å². The Bertz CT molecular complexity index is 1010. The first-order chi connectivity index (χ1) is 16.3. The molecule has 5 rings (SSSR count). The van der Waals surface area contributed by atoms with Crippen LogP contribution in [0.5, 0.6) is 0 Å². The van der Waals surface area contributed by atoms with Gasteiger partial charge in [-0.1, -0.05) is 0 Å². The molecule has 0 bridgehead atoms. The molecule has 34 heavy (non-hydrogen) atoms. The predicted molar refractivity (Wildman–Crippen MR) is 116 cm³/mol. The standard InChI is InChI=1S/C24H27F5N4O/c25-17-1-2-19(21(26)9-17)22-10-20(24(27,28)29)23(32-31-22)30-18-7-15-12-33(13-16(15)8-18)11-14-3-5-34-6-4-14/h1-2,9-10,14-16,18H,3-8,11-13H2,(H,30,32)/t15-,16+,18-. The van der Waals surface area contributed by atoms with Crippen LogP contribution in [0.25, 0.3) is 11.3 Å². The van der Waals surface area contributed by atoms with Gasteiger partial charge in [-0.3, -0.25) is 0 Å². The van der Waals surface area contributed by atoms with E-state index in [1.54, 1.807) is 0 Å². The van der Waals surface area contributed by atoms with E-state index in [4.69, 9.17) is 4.74 Å². The van der Waals surface area contributed by atoms with Crippen molar-refractivity contribution in [3.63, 3.8) is 0 Å². The second-order valence-electron chi connectivity index (χ2n) is 9.72. The van der Waals surface area contributed by atoms with E-state index in [2.05, 4.69) is 20.4 Å². The van der Waals surface area contributed by atoms with E-state index in [1.807, 2.05) is 0 Å². The van der Waals surface area contributed by atoms with Gasteiger partial charge in [0.2, 0.25) is 0 Å². The first kappa shape index (κ1) is 23.4. The monoisotopic (exact) mass is 482 g/mol. The maximum atomic E-state index is 14.1. The van der Waals surface area contributed by atoms with Gasteiger partial charge in [-0.2, -0.15) is 13.2 Å². The topological polar surface area (TPSA) is 50.3 Å². The highest BCUT2D eigenvalue weighted by Crippen LogP contribution is 2.42.